The van der Waals surface area contributed by atoms with Gasteiger partial charge < -0.3 is 5.32 Å². The standard InChI is InChI=1S/C17H22N2O2/c1-11-6-5-7-13(18-11)19-14(21)17-9-8-16(4,12(20)10-17)15(17,2)3/h5-7H,8-10H2,1-4H3,(H,18,19,21)/t16-,17-/m0/s1. The van der Waals surface area contributed by atoms with Gasteiger partial charge in [-0.05, 0) is 37.3 Å². The second-order valence-electron chi connectivity index (χ2n) is 7.26. The van der Waals surface area contributed by atoms with Gasteiger partial charge in [0.1, 0.15) is 11.6 Å². The molecule has 1 aromatic rings. The van der Waals surface area contributed by atoms with Crippen molar-refractivity contribution in [3.63, 3.8) is 0 Å². The van der Waals surface area contributed by atoms with Gasteiger partial charge in [0, 0.05) is 17.5 Å². The highest BCUT2D eigenvalue weighted by atomic mass is 16.2. The van der Waals surface area contributed by atoms with Gasteiger partial charge in [0.05, 0.1) is 5.41 Å². The van der Waals surface area contributed by atoms with E-state index < -0.39 is 5.41 Å². The van der Waals surface area contributed by atoms with Crippen LogP contribution < -0.4 is 5.32 Å². The number of hydrogen-bond acceptors (Lipinski definition) is 3. The van der Waals surface area contributed by atoms with Crippen LogP contribution in [0.1, 0.15) is 45.7 Å². The third kappa shape index (κ3) is 1.65. The van der Waals surface area contributed by atoms with Gasteiger partial charge in [0.25, 0.3) is 0 Å². The lowest BCUT2D eigenvalue weighted by molar-refractivity contribution is -0.131. The van der Waals surface area contributed by atoms with Gasteiger partial charge in [0.15, 0.2) is 0 Å². The van der Waals surface area contributed by atoms with Crippen LogP contribution in [0.2, 0.25) is 0 Å². The third-order valence-electron chi connectivity index (χ3n) is 6.27. The van der Waals surface area contributed by atoms with Crippen LogP contribution in [0.3, 0.4) is 0 Å². The Morgan fingerprint density at radius 3 is 2.48 bits per heavy atom. The fourth-order valence-electron chi connectivity index (χ4n) is 4.21. The van der Waals surface area contributed by atoms with E-state index in [1.165, 1.54) is 0 Å². The summed E-state index contributed by atoms with van der Waals surface area (Å²) in [6, 6.07) is 5.56. The summed E-state index contributed by atoms with van der Waals surface area (Å²) < 4.78 is 0. The van der Waals surface area contributed by atoms with Crippen LogP contribution in [0.25, 0.3) is 0 Å². The first-order valence-corrected chi connectivity index (χ1v) is 7.51. The molecule has 1 amide bonds. The summed E-state index contributed by atoms with van der Waals surface area (Å²) in [5.41, 5.74) is -0.414. The monoisotopic (exact) mass is 286 g/mol. The largest absolute Gasteiger partial charge is 0.310 e. The zero-order valence-electron chi connectivity index (χ0n) is 13.1. The summed E-state index contributed by atoms with van der Waals surface area (Å²) >= 11 is 0. The Hall–Kier alpha value is -1.71. The van der Waals surface area contributed by atoms with Crippen LogP contribution in [0.4, 0.5) is 5.82 Å². The van der Waals surface area contributed by atoms with Crippen molar-refractivity contribution in [2.24, 2.45) is 16.2 Å². The smallest absolute Gasteiger partial charge is 0.232 e. The Balaban J connectivity index is 1.93. The highest BCUT2D eigenvalue weighted by Crippen LogP contribution is 2.70. The number of ketones is 1. The van der Waals surface area contributed by atoms with Crippen molar-refractivity contribution in [3.8, 4) is 0 Å². The molecule has 2 aliphatic rings. The summed E-state index contributed by atoms with van der Waals surface area (Å²) in [7, 11) is 0. The van der Waals surface area contributed by atoms with Crippen molar-refractivity contribution in [3.05, 3.63) is 23.9 Å². The molecule has 1 heterocycles. The molecular formula is C17H22N2O2. The van der Waals surface area contributed by atoms with Crippen LogP contribution in [0.5, 0.6) is 0 Å². The van der Waals surface area contributed by atoms with E-state index in [4.69, 9.17) is 0 Å². The summed E-state index contributed by atoms with van der Waals surface area (Å²) in [5, 5.41) is 2.93. The quantitative estimate of drug-likeness (QED) is 0.908. The molecule has 0 aromatic carbocycles. The van der Waals surface area contributed by atoms with Gasteiger partial charge in [-0.3, -0.25) is 9.59 Å². The van der Waals surface area contributed by atoms with E-state index >= 15 is 0 Å². The number of rotatable bonds is 2. The van der Waals surface area contributed by atoms with E-state index in [1.807, 2.05) is 26.0 Å². The summed E-state index contributed by atoms with van der Waals surface area (Å²) in [6.45, 7) is 8.04. The van der Waals surface area contributed by atoms with E-state index in [0.29, 0.717) is 12.2 Å². The number of aromatic nitrogens is 1. The molecule has 4 heteroatoms. The Morgan fingerprint density at radius 1 is 1.24 bits per heavy atom. The molecule has 3 rings (SSSR count). The molecule has 2 fully saturated rings. The fraction of sp³-hybridized carbons (Fsp3) is 0.588. The number of Topliss-reactive ketones (excluding diaryl/α,β-unsaturated/α-hetero) is 1. The van der Waals surface area contributed by atoms with Crippen LogP contribution >= 0.6 is 0 Å². The van der Waals surface area contributed by atoms with Gasteiger partial charge in [-0.15, -0.1) is 0 Å². The minimum atomic E-state index is -0.593. The van der Waals surface area contributed by atoms with E-state index in [1.54, 1.807) is 6.07 Å². The maximum atomic E-state index is 12.9. The van der Waals surface area contributed by atoms with Crippen molar-refractivity contribution >= 4 is 17.5 Å². The van der Waals surface area contributed by atoms with Crippen LogP contribution in [-0.4, -0.2) is 16.7 Å². The van der Waals surface area contributed by atoms with Crippen LogP contribution in [-0.2, 0) is 9.59 Å². The number of carbonyl (C=O) groups excluding carboxylic acids is 2. The van der Waals surface area contributed by atoms with Gasteiger partial charge in [-0.1, -0.05) is 26.8 Å². The number of pyridine rings is 1. The second-order valence-corrected chi connectivity index (χ2v) is 7.26. The number of fused-ring (bicyclic) bond motifs is 2. The molecule has 2 bridgehead atoms. The normalized spacial score (nSPS) is 33.2. The molecule has 1 N–H and O–H groups in total. The molecule has 2 atom stereocenters. The van der Waals surface area contributed by atoms with E-state index in [9.17, 15) is 9.59 Å². The van der Waals surface area contributed by atoms with E-state index in [0.717, 1.165) is 18.5 Å². The van der Waals surface area contributed by atoms with Crippen LogP contribution in [0.15, 0.2) is 18.2 Å². The Labute approximate surface area is 125 Å². The van der Waals surface area contributed by atoms with Gasteiger partial charge in [-0.2, -0.15) is 0 Å². The average Bonchev–Trinajstić information content (AvgIpc) is 2.69. The molecule has 0 radical (unpaired) electrons. The molecule has 2 saturated carbocycles. The molecule has 0 saturated heterocycles. The second kappa shape index (κ2) is 4.15. The Bertz CT molecular complexity index is 637. The number of hydrogen-bond donors (Lipinski definition) is 1. The van der Waals surface area contributed by atoms with Crippen molar-refractivity contribution < 1.29 is 9.59 Å². The molecule has 112 valence electrons. The number of amides is 1. The molecule has 0 unspecified atom stereocenters. The lowest BCUT2D eigenvalue weighted by atomic mass is 9.64. The zero-order valence-corrected chi connectivity index (χ0v) is 13.1. The predicted molar refractivity (Wildman–Crippen MR) is 80.8 cm³/mol. The highest BCUT2D eigenvalue weighted by Gasteiger charge is 2.72. The first kappa shape index (κ1) is 14.2. The van der Waals surface area contributed by atoms with Gasteiger partial charge in [-0.25, -0.2) is 4.98 Å². The number of aryl methyl sites for hydroxylation is 1. The maximum Gasteiger partial charge on any atom is 0.232 e. The van der Waals surface area contributed by atoms with Crippen molar-refractivity contribution in [1.82, 2.24) is 4.98 Å². The number of nitrogens with one attached hydrogen (secondary N) is 1. The summed E-state index contributed by atoms with van der Waals surface area (Å²) in [6.07, 6.45) is 1.93. The molecular weight excluding hydrogens is 264 g/mol. The van der Waals surface area contributed by atoms with Crippen LogP contribution in [0, 0.1) is 23.2 Å². The zero-order chi connectivity index (χ0) is 15.5. The predicted octanol–water partition coefficient (Wildman–Crippen LogP) is 3.11. The van der Waals surface area contributed by atoms with E-state index in [-0.39, 0.29) is 22.5 Å². The van der Waals surface area contributed by atoms with Gasteiger partial charge >= 0.3 is 0 Å². The summed E-state index contributed by atoms with van der Waals surface area (Å²) in [4.78, 5) is 29.6. The Morgan fingerprint density at radius 2 is 1.95 bits per heavy atom. The molecule has 2 aliphatic carbocycles. The number of nitrogens with zero attached hydrogens (tertiary/aromatic N) is 1. The summed E-state index contributed by atoms with van der Waals surface area (Å²) in [5.74, 6) is 0.740. The molecule has 0 spiro atoms. The number of carbonyl (C=O) groups is 2. The SMILES string of the molecule is Cc1cccc(NC(=O)[C@]23CC[C@@](C)(C(=O)C2)C3(C)C)n1. The molecule has 0 aliphatic heterocycles. The lowest BCUT2D eigenvalue weighted by Crippen LogP contribution is -2.43. The van der Waals surface area contributed by atoms with Crippen molar-refractivity contribution in [1.29, 1.82) is 0 Å². The first-order chi connectivity index (χ1) is 9.73. The van der Waals surface area contributed by atoms with Gasteiger partial charge in [0.2, 0.25) is 5.91 Å². The highest BCUT2D eigenvalue weighted by molar-refractivity contribution is 6.04. The minimum Gasteiger partial charge on any atom is -0.310 e. The fourth-order valence-corrected chi connectivity index (χ4v) is 4.21. The maximum absolute atomic E-state index is 12.9. The van der Waals surface area contributed by atoms with Crippen molar-refractivity contribution in [2.45, 2.75) is 47.0 Å². The lowest BCUT2D eigenvalue weighted by Gasteiger charge is -2.38. The van der Waals surface area contributed by atoms with Crippen molar-refractivity contribution in [2.75, 3.05) is 5.32 Å². The third-order valence-corrected chi connectivity index (χ3v) is 6.27. The topological polar surface area (TPSA) is 59.1 Å². The molecule has 1 aromatic heterocycles. The molecule has 21 heavy (non-hydrogen) atoms. The Kier molecular flexibility index (Phi) is 2.81. The van der Waals surface area contributed by atoms with E-state index in [2.05, 4.69) is 24.1 Å². The number of anilines is 1. The molecule has 4 nitrogen and oxygen atoms in total. The first-order valence-electron chi connectivity index (χ1n) is 7.51. The average molecular weight is 286 g/mol. The minimum absolute atomic E-state index is 0.0554.